The van der Waals surface area contributed by atoms with Gasteiger partial charge in [0.05, 0.1) is 12.8 Å². The molecule has 3 rings (SSSR count). The third kappa shape index (κ3) is 3.55. The van der Waals surface area contributed by atoms with Crippen LogP contribution in [0.3, 0.4) is 0 Å². The van der Waals surface area contributed by atoms with Crippen molar-refractivity contribution in [2.45, 2.75) is 19.4 Å². The molecule has 0 radical (unpaired) electrons. The van der Waals surface area contributed by atoms with Gasteiger partial charge in [0, 0.05) is 43.1 Å². The van der Waals surface area contributed by atoms with Crippen molar-refractivity contribution in [1.82, 2.24) is 19.2 Å². The molecule has 124 valence electrons. The number of carbonyl (C=O) groups is 1. The Morgan fingerprint density at radius 3 is 3.09 bits per heavy atom. The van der Waals surface area contributed by atoms with Gasteiger partial charge in [0.15, 0.2) is 0 Å². The second-order valence-corrected chi connectivity index (χ2v) is 6.19. The van der Waals surface area contributed by atoms with Crippen LogP contribution in [0.25, 0.3) is 0 Å². The van der Waals surface area contributed by atoms with Crippen molar-refractivity contribution >= 4 is 28.4 Å². The van der Waals surface area contributed by atoms with Crippen molar-refractivity contribution in [3.63, 3.8) is 0 Å². The highest BCUT2D eigenvalue weighted by Crippen LogP contribution is 2.25. The first-order chi connectivity index (χ1) is 11.2. The number of aromatic amines is 1. The third-order valence-electron chi connectivity index (χ3n) is 4.01. The van der Waals surface area contributed by atoms with E-state index in [2.05, 4.69) is 31.9 Å². The molecule has 0 saturated carbocycles. The maximum Gasteiger partial charge on any atom is 0.329 e. The monoisotopic (exact) mass is 336 g/mol. The zero-order valence-electron chi connectivity index (χ0n) is 13.1. The Labute approximate surface area is 138 Å². The van der Waals surface area contributed by atoms with Gasteiger partial charge in [-0.15, -0.1) is 4.37 Å². The van der Waals surface area contributed by atoms with Gasteiger partial charge < -0.3 is 19.9 Å². The van der Waals surface area contributed by atoms with Gasteiger partial charge in [0.1, 0.15) is 0 Å². The molecule has 23 heavy (non-hydrogen) atoms. The predicted octanol–water partition coefficient (Wildman–Crippen LogP) is 2.23. The summed E-state index contributed by atoms with van der Waals surface area (Å²) in [4.78, 5) is 21.3. The van der Waals surface area contributed by atoms with E-state index in [0.29, 0.717) is 17.6 Å². The largest absolute Gasteiger partial charge is 0.466 e. The molecular weight excluding hydrogens is 316 g/mol. The number of nitrogens with zero attached hydrogens (tertiary/aromatic N) is 3. The molecule has 0 spiro atoms. The maximum absolute atomic E-state index is 12.4. The van der Waals surface area contributed by atoms with Crippen LogP contribution < -0.4 is 15.4 Å². The van der Waals surface area contributed by atoms with Crippen molar-refractivity contribution in [3.05, 3.63) is 18.5 Å². The fourth-order valence-corrected chi connectivity index (χ4v) is 3.29. The van der Waals surface area contributed by atoms with Gasteiger partial charge in [0.2, 0.25) is 5.13 Å². The summed E-state index contributed by atoms with van der Waals surface area (Å²) in [5, 5.41) is 6.71. The second kappa shape index (κ2) is 6.86. The molecule has 1 fully saturated rings. The van der Waals surface area contributed by atoms with Gasteiger partial charge in [-0.1, -0.05) is 6.92 Å². The first-order valence-electron chi connectivity index (χ1n) is 7.52. The van der Waals surface area contributed by atoms with Gasteiger partial charge in [-0.05, 0) is 18.4 Å². The van der Waals surface area contributed by atoms with Crippen LogP contribution >= 0.6 is 11.5 Å². The fourth-order valence-electron chi connectivity index (χ4n) is 2.76. The van der Waals surface area contributed by atoms with E-state index < -0.39 is 0 Å². The number of anilines is 2. The van der Waals surface area contributed by atoms with Crippen molar-refractivity contribution in [2.24, 2.45) is 5.92 Å². The third-order valence-corrected chi connectivity index (χ3v) is 4.62. The number of hydrogen-bond donors (Lipinski definition) is 3. The van der Waals surface area contributed by atoms with Crippen molar-refractivity contribution in [3.8, 4) is 6.01 Å². The fraction of sp³-hybridized carbons (Fsp3) is 0.500. The number of aromatic nitrogens is 3. The van der Waals surface area contributed by atoms with Crippen LogP contribution in [-0.4, -0.2) is 51.5 Å². The lowest BCUT2D eigenvalue weighted by Gasteiger charge is -2.18. The summed E-state index contributed by atoms with van der Waals surface area (Å²) < 4.78 is 8.89. The maximum atomic E-state index is 12.4. The highest BCUT2D eigenvalue weighted by atomic mass is 32.1. The molecule has 0 aromatic carbocycles. The molecule has 2 atom stereocenters. The minimum atomic E-state index is -0.152. The molecule has 2 aromatic rings. The zero-order valence-corrected chi connectivity index (χ0v) is 13.9. The van der Waals surface area contributed by atoms with Crippen LogP contribution in [0.2, 0.25) is 0 Å². The van der Waals surface area contributed by atoms with E-state index in [-0.39, 0.29) is 18.1 Å². The Bertz CT molecular complexity index is 643. The standard InChI is InChI=1S/C14H20N6O2S/c1-3-9-7-20(8-11(9)16-10-4-5-15-6-10)14(21)18-13-17-12(22-2)19-23-13/h4-6,9,11,15-16H,3,7-8H2,1-2H3,(H,17,18,19,21). The number of hydrogen-bond acceptors (Lipinski definition) is 6. The van der Waals surface area contributed by atoms with Crippen LogP contribution in [0.1, 0.15) is 13.3 Å². The molecule has 0 aliphatic carbocycles. The summed E-state index contributed by atoms with van der Waals surface area (Å²) in [5.41, 5.74) is 1.05. The van der Waals surface area contributed by atoms with E-state index in [1.807, 2.05) is 23.4 Å². The minimum absolute atomic E-state index is 0.152. The molecule has 1 aliphatic heterocycles. The Hall–Kier alpha value is -2.29. The molecular formula is C14H20N6O2S. The number of urea groups is 1. The van der Waals surface area contributed by atoms with E-state index in [9.17, 15) is 4.79 Å². The van der Waals surface area contributed by atoms with Crippen LogP contribution in [-0.2, 0) is 0 Å². The molecule has 3 N–H and O–H groups in total. The van der Waals surface area contributed by atoms with Crippen LogP contribution in [0.15, 0.2) is 18.5 Å². The first kappa shape index (κ1) is 15.6. The number of amides is 2. The summed E-state index contributed by atoms with van der Waals surface area (Å²) >= 11 is 1.11. The highest BCUT2D eigenvalue weighted by Gasteiger charge is 2.34. The van der Waals surface area contributed by atoms with Gasteiger partial charge in [0.25, 0.3) is 0 Å². The average molecular weight is 336 g/mol. The molecule has 8 nitrogen and oxygen atoms in total. The quantitative estimate of drug-likeness (QED) is 0.778. The van der Waals surface area contributed by atoms with Gasteiger partial charge in [-0.3, -0.25) is 5.32 Å². The smallest absolute Gasteiger partial charge is 0.329 e. The van der Waals surface area contributed by atoms with Crippen LogP contribution in [0.5, 0.6) is 6.01 Å². The van der Waals surface area contributed by atoms with Crippen LogP contribution in [0, 0.1) is 5.92 Å². The lowest BCUT2D eigenvalue weighted by atomic mass is 10.0. The number of rotatable bonds is 5. The van der Waals surface area contributed by atoms with Gasteiger partial charge in [-0.2, -0.15) is 4.98 Å². The topological polar surface area (TPSA) is 95.2 Å². The summed E-state index contributed by atoms with van der Waals surface area (Å²) in [6.45, 7) is 3.53. The number of likely N-dealkylation sites (tertiary alicyclic amines) is 1. The number of carbonyl (C=O) groups excluding carboxylic acids is 1. The SMILES string of the molecule is CCC1CN(C(=O)Nc2nc(OC)ns2)CC1Nc1cc[nH]c1. The molecule has 2 aromatic heterocycles. The molecule has 2 unspecified atom stereocenters. The Morgan fingerprint density at radius 1 is 1.57 bits per heavy atom. The molecule has 0 bridgehead atoms. The van der Waals surface area contributed by atoms with E-state index in [4.69, 9.17) is 4.74 Å². The molecule has 3 heterocycles. The Morgan fingerprint density at radius 2 is 2.43 bits per heavy atom. The minimum Gasteiger partial charge on any atom is -0.466 e. The van der Waals surface area contributed by atoms with E-state index in [1.54, 1.807) is 0 Å². The normalized spacial score (nSPS) is 20.5. The van der Waals surface area contributed by atoms with E-state index >= 15 is 0 Å². The van der Waals surface area contributed by atoms with Crippen molar-refractivity contribution in [1.29, 1.82) is 0 Å². The van der Waals surface area contributed by atoms with Crippen LogP contribution in [0.4, 0.5) is 15.6 Å². The van der Waals surface area contributed by atoms with E-state index in [0.717, 1.165) is 30.2 Å². The lowest BCUT2D eigenvalue weighted by Crippen LogP contribution is -2.34. The second-order valence-electron chi connectivity index (χ2n) is 5.44. The highest BCUT2D eigenvalue weighted by molar-refractivity contribution is 7.10. The lowest BCUT2D eigenvalue weighted by molar-refractivity contribution is 0.220. The van der Waals surface area contributed by atoms with Crippen molar-refractivity contribution < 1.29 is 9.53 Å². The van der Waals surface area contributed by atoms with Gasteiger partial charge >= 0.3 is 12.0 Å². The summed E-state index contributed by atoms with van der Waals surface area (Å²) in [5.74, 6) is 0.416. The number of methoxy groups -OCH3 is 1. The molecule has 2 amide bonds. The predicted molar refractivity (Wildman–Crippen MR) is 89.0 cm³/mol. The first-order valence-corrected chi connectivity index (χ1v) is 8.30. The van der Waals surface area contributed by atoms with Crippen molar-refractivity contribution in [2.75, 3.05) is 30.8 Å². The molecule has 1 aliphatic rings. The van der Waals surface area contributed by atoms with Gasteiger partial charge in [-0.25, -0.2) is 4.79 Å². The zero-order chi connectivity index (χ0) is 16.2. The Kier molecular flexibility index (Phi) is 4.65. The average Bonchev–Trinajstić information content (AvgIpc) is 3.28. The number of nitrogens with one attached hydrogen (secondary N) is 3. The summed E-state index contributed by atoms with van der Waals surface area (Å²) in [6, 6.07) is 2.35. The Balaban J connectivity index is 1.60. The van der Waals surface area contributed by atoms with E-state index in [1.165, 1.54) is 7.11 Å². The molecule has 9 heteroatoms. The summed E-state index contributed by atoms with van der Waals surface area (Å²) in [7, 11) is 1.50. The number of H-pyrrole nitrogens is 1. The molecule has 1 saturated heterocycles. The summed E-state index contributed by atoms with van der Waals surface area (Å²) in [6.07, 6.45) is 4.81. The number of ether oxygens (including phenoxy) is 1.